The smallest absolute Gasteiger partial charge is 0.323 e. The summed E-state index contributed by atoms with van der Waals surface area (Å²) in [6, 6.07) is 3.61. The van der Waals surface area contributed by atoms with Crippen LogP contribution in [0.5, 0.6) is 5.75 Å². The summed E-state index contributed by atoms with van der Waals surface area (Å²) in [6.07, 6.45) is 0. The maximum absolute atomic E-state index is 11.7. The highest BCUT2D eigenvalue weighted by Crippen LogP contribution is 2.27. The molecule has 1 aromatic carbocycles. The van der Waals surface area contributed by atoms with Gasteiger partial charge in [0.1, 0.15) is 0 Å². The van der Waals surface area contributed by atoms with Crippen molar-refractivity contribution in [2.75, 3.05) is 14.2 Å². The molecule has 1 rings (SSSR count). The van der Waals surface area contributed by atoms with Crippen molar-refractivity contribution < 1.29 is 19.2 Å². The summed E-state index contributed by atoms with van der Waals surface area (Å²) >= 11 is 5.14. The van der Waals surface area contributed by atoms with Gasteiger partial charge in [-0.1, -0.05) is 0 Å². The number of nitro benzene ring substituents is 1. The van der Waals surface area contributed by atoms with Gasteiger partial charge < -0.3 is 4.74 Å². The summed E-state index contributed by atoms with van der Waals surface area (Å²) in [4.78, 5) is 33.3. The number of nitro groups is 1. The van der Waals surface area contributed by atoms with E-state index in [1.165, 1.54) is 26.3 Å². The molecule has 0 fully saturated rings. The van der Waals surface area contributed by atoms with Gasteiger partial charge in [0.2, 0.25) is 0 Å². The van der Waals surface area contributed by atoms with Crippen LogP contribution in [0.25, 0.3) is 0 Å². The van der Waals surface area contributed by atoms with E-state index in [0.717, 1.165) is 6.07 Å². The van der Waals surface area contributed by atoms with Crippen molar-refractivity contribution in [3.63, 3.8) is 0 Å². The number of imide groups is 1. The Hall–Kier alpha value is -2.15. The van der Waals surface area contributed by atoms with Gasteiger partial charge in [0.05, 0.1) is 12.0 Å². The van der Waals surface area contributed by atoms with Crippen LogP contribution in [0.4, 0.5) is 10.5 Å². The van der Waals surface area contributed by atoms with E-state index < -0.39 is 16.2 Å². The van der Waals surface area contributed by atoms with E-state index in [1.54, 1.807) is 0 Å². The fourth-order valence-electron chi connectivity index (χ4n) is 1.24. The van der Waals surface area contributed by atoms with Gasteiger partial charge in [0.25, 0.3) is 5.91 Å². The van der Waals surface area contributed by atoms with Gasteiger partial charge in [-0.15, -0.1) is 0 Å². The molecule has 7 nitrogen and oxygen atoms in total. The lowest BCUT2D eigenvalue weighted by Gasteiger charge is -2.11. The normalized spacial score (nSPS) is 9.72. The topological polar surface area (TPSA) is 89.8 Å². The number of benzene rings is 1. The van der Waals surface area contributed by atoms with Crippen LogP contribution in [0, 0.1) is 10.1 Å². The van der Waals surface area contributed by atoms with Gasteiger partial charge in [0.15, 0.2) is 5.75 Å². The Bertz CT molecular complexity index is 517. The second kappa shape index (κ2) is 5.46. The van der Waals surface area contributed by atoms with E-state index in [2.05, 4.69) is 0 Å². The van der Waals surface area contributed by atoms with Crippen LogP contribution in [0.2, 0.25) is 0 Å². The summed E-state index contributed by atoms with van der Waals surface area (Å²) < 4.78 is 4.79. The molecule has 8 heteroatoms. The van der Waals surface area contributed by atoms with Gasteiger partial charge in [-0.3, -0.25) is 24.6 Å². The summed E-state index contributed by atoms with van der Waals surface area (Å²) in [6.45, 7) is 0. The summed E-state index contributed by atoms with van der Waals surface area (Å²) in [5.41, 5.74) is -0.391. The first-order valence-corrected chi connectivity index (χ1v) is 5.06. The average Bonchev–Trinajstić information content (AvgIpc) is 2.35. The fraction of sp³-hybridized carbons (Fsp3) is 0.200. The zero-order valence-electron chi connectivity index (χ0n) is 9.55. The standard InChI is InChI=1S/C10H9ClN2O5/c1-12(10(11)15)9(14)6-3-4-8(18-2)7(5-6)13(16)17/h3-5H,1-2H3. The van der Waals surface area contributed by atoms with Gasteiger partial charge >= 0.3 is 11.1 Å². The SMILES string of the molecule is COc1ccc(C(=O)N(C)C(=O)Cl)cc1[N+](=O)[O-]. The molecule has 18 heavy (non-hydrogen) atoms. The molecule has 0 aromatic heterocycles. The molecular formula is C10H9ClN2O5. The number of amides is 2. The van der Waals surface area contributed by atoms with E-state index in [1.807, 2.05) is 0 Å². The van der Waals surface area contributed by atoms with Crippen molar-refractivity contribution in [1.29, 1.82) is 0 Å². The summed E-state index contributed by atoms with van der Waals surface area (Å²) in [5.74, 6) is -0.711. The molecule has 0 saturated heterocycles. The second-order valence-electron chi connectivity index (χ2n) is 3.26. The molecule has 0 bridgehead atoms. The van der Waals surface area contributed by atoms with Crippen molar-refractivity contribution >= 4 is 28.6 Å². The number of methoxy groups -OCH3 is 1. The van der Waals surface area contributed by atoms with Crippen LogP contribution >= 0.6 is 11.6 Å². The zero-order valence-corrected chi connectivity index (χ0v) is 10.3. The molecule has 0 saturated carbocycles. The molecule has 1 aromatic rings. The highest BCUT2D eigenvalue weighted by molar-refractivity contribution is 6.64. The molecule has 0 aliphatic rings. The molecule has 96 valence electrons. The molecule has 0 aliphatic carbocycles. The Morgan fingerprint density at radius 1 is 1.44 bits per heavy atom. The number of hydrogen-bond donors (Lipinski definition) is 0. The van der Waals surface area contributed by atoms with Gasteiger partial charge in [-0.2, -0.15) is 0 Å². The van der Waals surface area contributed by atoms with E-state index in [0.29, 0.717) is 4.90 Å². The molecule has 0 heterocycles. The quantitative estimate of drug-likeness (QED) is 0.363. The number of ether oxygens (including phenoxy) is 1. The van der Waals surface area contributed by atoms with Crippen LogP contribution in [-0.2, 0) is 0 Å². The Morgan fingerprint density at radius 3 is 2.50 bits per heavy atom. The minimum atomic E-state index is -0.974. The highest BCUT2D eigenvalue weighted by Gasteiger charge is 2.22. The second-order valence-corrected chi connectivity index (χ2v) is 3.58. The maximum atomic E-state index is 11.7. The van der Waals surface area contributed by atoms with Crippen molar-refractivity contribution in [3.8, 4) is 5.75 Å². The van der Waals surface area contributed by atoms with Crippen LogP contribution in [0.1, 0.15) is 10.4 Å². The van der Waals surface area contributed by atoms with Gasteiger partial charge in [0, 0.05) is 18.7 Å². The number of rotatable bonds is 3. The van der Waals surface area contributed by atoms with Crippen LogP contribution in [0.15, 0.2) is 18.2 Å². The van der Waals surface area contributed by atoms with E-state index in [9.17, 15) is 19.7 Å². The predicted octanol–water partition coefficient (Wildman–Crippen LogP) is 2.03. The molecule has 0 radical (unpaired) electrons. The first-order chi connectivity index (χ1) is 8.38. The zero-order chi connectivity index (χ0) is 13.9. The fourth-order valence-corrected chi connectivity index (χ4v) is 1.32. The third-order valence-corrected chi connectivity index (χ3v) is 2.44. The maximum Gasteiger partial charge on any atom is 0.323 e. The summed E-state index contributed by atoms with van der Waals surface area (Å²) in [7, 11) is 2.45. The van der Waals surface area contributed by atoms with Crippen LogP contribution in [0.3, 0.4) is 0 Å². The van der Waals surface area contributed by atoms with Crippen LogP contribution in [-0.4, -0.2) is 35.3 Å². The summed E-state index contributed by atoms with van der Waals surface area (Å²) in [5, 5.41) is 9.79. The van der Waals surface area contributed by atoms with E-state index in [-0.39, 0.29) is 17.0 Å². The predicted molar refractivity (Wildman–Crippen MR) is 63.0 cm³/mol. The molecule has 0 unspecified atom stereocenters. The molecule has 2 amide bonds. The highest BCUT2D eigenvalue weighted by atomic mass is 35.5. The number of carbonyl (C=O) groups excluding carboxylic acids is 2. The Kier molecular flexibility index (Phi) is 4.22. The lowest BCUT2D eigenvalue weighted by Crippen LogP contribution is -2.28. The molecule has 0 spiro atoms. The average molecular weight is 273 g/mol. The monoisotopic (exact) mass is 272 g/mol. The molecular weight excluding hydrogens is 264 g/mol. The van der Waals surface area contributed by atoms with Crippen molar-refractivity contribution in [3.05, 3.63) is 33.9 Å². The largest absolute Gasteiger partial charge is 0.490 e. The van der Waals surface area contributed by atoms with E-state index >= 15 is 0 Å². The minimum Gasteiger partial charge on any atom is -0.490 e. The molecule has 0 aliphatic heterocycles. The number of hydrogen-bond acceptors (Lipinski definition) is 5. The van der Waals surface area contributed by atoms with Gasteiger partial charge in [-0.25, -0.2) is 0 Å². The molecule has 0 N–H and O–H groups in total. The van der Waals surface area contributed by atoms with E-state index in [4.69, 9.17) is 16.3 Å². The van der Waals surface area contributed by atoms with Crippen molar-refractivity contribution in [1.82, 2.24) is 4.90 Å². The van der Waals surface area contributed by atoms with Crippen molar-refractivity contribution in [2.45, 2.75) is 0 Å². The Balaban J connectivity index is 3.20. The Morgan fingerprint density at radius 2 is 2.06 bits per heavy atom. The minimum absolute atomic E-state index is 0.0244. The van der Waals surface area contributed by atoms with Gasteiger partial charge in [-0.05, 0) is 23.7 Å². The van der Waals surface area contributed by atoms with Crippen molar-refractivity contribution in [2.24, 2.45) is 0 Å². The lowest BCUT2D eigenvalue weighted by atomic mass is 10.1. The number of nitrogens with zero attached hydrogens (tertiary/aromatic N) is 2. The first-order valence-electron chi connectivity index (χ1n) is 4.68. The third kappa shape index (κ3) is 2.75. The van der Waals surface area contributed by atoms with Crippen LogP contribution < -0.4 is 4.74 Å². The lowest BCUT2D eigenvalue weighted by molar-refractivity contribution is -0.385. The first kappa shape index (κ1) is 13.9. The number of carbonyl (C=O) groups is 2. The Labute approximate surface area is 107 Å². The molecule has 0 atom stereocenters. The third-order valence-electron chi connectivity index (χ3n) is 2.19. The number of halogens is 1.